The molecule has 2 N–H and O–H groups in total. The second kappa shape index (κ2) is 3.52. The van der Waals surface area contributed by atoms with E-state index in [1.54, 1.807) is 35.1 Å². The number of aromatic nitrogens is 2. The van der Waals surface area contributed by atoms with Crippen molar-refractivity contribution in [3.63, 3.8) is 0 Å². The van der Waals surface area contributed by atoms with E-state index < -0.39 is 0 Å². The molecule has 0 aliphatic heterocycles. The van der Waals surface area contributed by atoms with Gasteiger partial charge in [0.2, 0.25) is 0 Å². The number of nitrogens with two attached hydrogens (primary N) is 1. The second-order valence-electron chi connectivity index (χ2n) is 2.78. The fourth-order valence-electron chi connectivity index (χ4n) is 1.14. The summed E-state index contributed by atoms with van der Waals surface area (Å²) in [4.78, 5) is 0. The van der Waals surface area contributed by atoms with Gasteiger partial charge < -0.3 is 5.73 Å². The van der Waals surface area contributed by atoms with Crippen molar-refractivity contribution < 1.29 is 0 Å². The Morgan fingerprint density at radius 1 is 1.21 bits per heavy atom. The fraction of sp³-hybridized carbons (Fsp3) is 0. The van der Waals surface area contributed by atoms with E-state index in [0.29, 0.717) is 15.9 Å². The van der Waals surface area contributed by atoms with Crippen LogP contribution in [0.25, 0.3) is 5.69 Å². The third kappa shape index (κ3) is 1.69. The maximum absolute atomic E-state index is 5.99. The minimum absolute atomic E-state index is 0.455. The zero-order valence-corrected chi connectivity index (χ0v) is 8.63. The number of nitrogens with zero attached hydrogens (tertiary/aromatic N) is 2. The highest BCUT2D eigenvalue weighted by molar-refractivity contribution is 6.35. The van der Waals surface area contributed by atoms with Crippen LogP contribution in [0, 0.1) is 0 Å². The van der Waals surface area contributed by atoms with Gasteiger partial charge >= 0.3 is 0 Å². The highest BCUT2D eigenvalue weighted by Gasteiger charge is 2.04. The molecule has 2 rings (SSSR count). The van der Waals surface area contributed by atoms with Gasteiger partial charge in [0.05, 0.1) is 10.7 Å². The second-order valence-corrected chi connectivity index (χ2v) is 3.62. The minimum atomic E-state index is 0.455. The summed E-state index contributed by atoms with van der Waals surface area (Å²) >= 11 is 11.8. The normalized spacial score (nSPS) is 10.4. The third-order valence-electron chi connectivity index (χ3n) is 1.77. The lowest BCUT2D eigenvalue weighted by molar-refractivity contribution is 0.886. The molecular formula is C9H7Cl2N3. The summed E-state index contributed by atoms with van der Waals surface area (Å²) in [5.41, 5.74) is 6.25. The first-order valence-corrected chi connectivity index (χ1v) is 4.69. The largest absolute Gasteiger partial charge is 0.382 e. The summed E-state index contributed by atoms with van der Waals surface area (Å²) in [6.07, 6.45) is 1.74. The Morgan fingerprint density at radius 3 is 2.57 bits per heavy atom. The molecule has 1 heterocycles. The van der Waals surface area contributed by atoms with Crippen LogP contribution >= 0.6 is 23.2 Å². The minimum Gasteiger partial charge on any atom is -0.382 e. The highest BCUT2D eigenvalue weighted by Crippen LogP contribution is 2.23. The van der Waals surface area contributed by atoms with Crippen LogP contribution < -0.4 is 5.73 Å². The van der Waals surface area contributed by atoms with Crippen molar-refractivity contribution in [1.82, 2.24) is 9.78 Å². The molecule has 0 saturated carbocycles. The first-order chi connectivity index (χ1) is 6.66. The predicted octanol–water partition coefficient (Wildman–Crippen LogP) is 2.76. The Kier molecular flexibility index (Phi) is 2.35. The first kappa shape index (κ1) is 9.37. The SMILES string of the molecule is Nc1ccn(-c2ccc(Cl)cc2Cl)n1. The van der Waals surface area contributed by atoms with E-state index in [9.17, 15) is 0 Å². The Labute approximate surface area is 91.0 Å². The van der Waals surface area contributed by atoms with E-state index in [-0.39, 0.29) is 0 Å². The molecule has 0 bridgehead atoms. The summed E-state index contributed by atoms with van der Waals surface area (Å²) in [6.45, 7) is 0. The lowest BCUT2D eigenvalue weighted by Crippen LogP contribution is -1.96. The van der Waals surface area contributed by atoms with Crippen molar-refractivity contribution in [3.05, 3.63) is 40.5 Å². The molecule has 2 aromatic rings. The monoisotopic (exact) mass is 227 g/mol. The van der Waals surface area contributed by atoms with Crippen molar-refractivity contribution in [2.75, 3.05) is 5.73 Å². The maximum Gasteiger partial charge on any atom is 0.145 e. The van der Waals surface area contributed by atoms with Gasteiger partial charge in [-0.05, 0) is 18.2 Å². The molecule has 0 atom stereocenters. The predicted molar refractivity (Wildman–Crippen MR) is 58.0 cm³/mol. The van der Waals surface area contributed by atoms with Crippen molar-refractivity contribution in [1.29, 1.82) is 0 Å². The summed E-state index contributed by atoms with van der Waals surface area (Å²) in [7, 11) is 0. The van der Waals surface area contributed by atoms with Gasteiger partial charge in [-0.25, -0.2) is 4.68 Å². The fourth-order valence-corrected chi connectivity index (χ4v) is 1.63. The molecule has 0 saturated heterocycles. The number of hydrogen-bond donors (Lipinski definition) is 1. The van der Waals surface area contributed by atoms with E-state index in [2.05, 4.69) is 5.10 Å². The number of nitrogen functional groups attached to an aromatic ring is 1. The number of hydrogen-bond acceptors (Lipinski definition) is 2. The van der Waals surface area contributed by atoms with Crippen molar-refractivity contribution in [2.45, 2.75) is 0 Å². The number of anilines is 1. The molecule has 0 amide bonds. The van der Waals surface area contributed by atoms with Gasteiger partial charge in [0.25, 0.3) is 0 Å². The molecule has 5 heteroatoms. The van der Waals surface area contributed by atoms with Gasteiger partial charge in [0.1, 0.15) is 5.82 Å². The Balaban J connectivity index is 2.52. The van der Waals surface area contributed by atoms with E-state index in [1.807, 2.05) is 0 Å². The van der Waals surface area contributed by atoms with Crippen LogP contribution in [0.3, 0.4) is 0 Å². The van der Waals surface area contributed by atoms with E-state index in [0.717, 1.165) is 5.69 Å². The Bertz CT molecular complexity index is 465. The van der Waals surface area contributed by atoms with E-state index in [1.165, 1.54) is 0 Å². The smallest absolute Gasteiger partial charge is 0.145 e. The molecule has 3 nitrogen and oxygen atoms in total. The van der Waals surface area contributed by atoms with Crippen LogP contribution in [-0.4, -0.2) is 9.78 Å². The topological polar surface area (TPSA) is 43.8 Å². The number of rotatable bonds is 1. The molecule has 0 aliphatic rings. The standard InChI is InChI=1S/C9H7Cl2N3/c10-6-1-2-8(7(11)5-6)14-4-3-9(12)13-14/h1-5H,(H2,12,13). The van der Waals surface area contributed by atoms with Crippen LogP contribution in [-0.2, 0) is 0 Å². The van der Waals surface area contributed by atoms with E-state index in [4.69, 9.17) is 28.9 Å². The van der Waals surface area contributed by atoms with Crippen molar-refractivity contribution in [2.24, 2.45) is 0 Å². The molecular weight excluding hydrogens is 221 g/mol. The zero-order valence-electron chi connectivity index (χ0n) is 7.11. The number of benzene rings is 1. The summed E-state index contributed by atoms with van der Waals surface area (Å²) in [5, 5.41) is 5.18. The Hall–Kier alpha value is -1.19. The van der Waals surface area contributed by atoms with Crippen LogP contribution in [0.1, 0.15) is 0 Å². The lowest BCUT2D eigenvalue weighted by atomic mass is 10.3. The molecule has 0 fully saturated rings. The molecule has 0 spiro atoms. The molecule has 72 valence electrons. The van der Waals surface area contributed by atoms with Gasteiger partial charge in [0.15, 0.2) is 0 Å². The molecule has 1 aromatic carbocycles. The van der Waals surface area contributed by atoms with Gasteiger partial charge in [0, 0.05) is 17.3 Å². The van der Waals surface area contributed by atoms with Crippen LogP contribution in [0.5, 0.6) is 0 Å². The van der Waals surface area contributed by atoms with E-state index >= 15 is 0 Å². The maximum atomic E-state index is 5.99. The summed E-state index contributed by atoms with van der Waals surface area (Å²) < 4.78 is 1.61. The third-order valence-corrected chi connectivity index (χ3v) is 2.30. The molecule has 0 unspecified atom stereocenters. The van der Waals surface area contributed by atoms with Gasteiger partial charge in [-0.15, -0.1) is 0 Å². The van der Waals surface area contributed by atoms with Gasteiger partial charge in [-0.3, -0.25) is 0 Å². The zero-order chi connectivity index (χ0) is 10.1. The van der Waals surface area contributed by atoms with Crippen LogP contribution in [0.15, 0.2) is 30.5 Å². The molecule has 14 heavy (non-hydrogen) atoms. The van der Waals surface area contributed by atoms with Crippen molar-refractivity contribution >= 4 is 29.0 Å². The Morgan fingerprint density at radius 2 is 2.00 bits per heavy atom. The molecule has 1 aromatic heterocycles. The van der Waals surface area contributed by atoms with Gasteiger partial charge in [-0.1, -0.05) is 23.2 Å². The summed E-state index contributed by atoms with van der Waals surface area (Å²) in [5.74, 6) is 0.455. The molecule has 0 radical (unpaired) electrons. The first-order valence-electron chi connectivity index (χ1n) is 3.93. The summed E-state index contributed by atoms with van der Waals surface area (Å²) in [6, 6.07) is 6.90. The van der Waals surface area contributed by atoms with Crippen LogP contribution in [0.4, 0.5) is 5.82 Å². The highest BCUT2D eigenvalue weighted by atomic mass is 35.5. The van der Waals surface area contributed by atoms with Crippen LogP contribution in [0.2, 0.25) is 10.0 Å². The quantitative estimate of drug-likeness (QED) is 0.815. The molecule has 0 aliphatic carbocycles. The lowest BCUT2D eigenvalue weighted by Gasteiger charge is -2.03. The van der Waals surface area contributed by atoms with Crippen molar-refractivity contribution in [3.8, 4) is 5.69 Å². The average Bonchev–Trinajstić information content (AvgIpc) is 2.51. The van der Waals surface area contributed by atoms with Gasteiger partial charge in [-0.2, -0.15) is 5.10 Å². The average molecular weight is 228 g/mol. The number of halogens is 2.